The summed E-state index contributed by atoms with van der Waals surface area (Å²) in [5.74, 6) is 2.26. The van der Waals surface area contributed by atoms with Crippen LogP contribution in [0.15, 0.2) is 0 Å². The molecule has 4 heteroatoms. The van der Waals surface area contributed by atoms with Crippen LogP contribution in [0.1, 0.15) is 6.42 Å². The van der Waals surface area contributed by atoms with E-state index in [0.717, 1.165) is 13.0 Å². The van der Waals surface area contributed by atoms with Gasteiger partial charge in [0.1, 0.15) is 0 Å². The summed E-state index contributed by atoms with van der Waals surface area (Å²) in [5.41, 5.74) is 0. The van der Waals surface area contributed by atoms with Crippen LogP contribution in [0.4, 0.5) is 0 Å². The molecule has 0 bridgehead atoms. The van der Waals surface area contributed by atoms with Crippen LogP contribution in [0.25, 0.3) is 0 Å². The van der Waals surface area contributed by atoms with Gasteiger partial charge in [0.05, 0.1) is 19.2 Å². The van der Waals surface area contributed by atoms with Crippen LogP contribution < -0.4 is 5.32 Å². The van der Waals surface area contributed by atoms with Crippen molar-refractivity contribution in [2.75, 3.05) is 26.2 Å². The second-order valence-electron chi connectivity index (χ2n) is 3.16. The van der Waals surface area contributed by atoms with E-state index in [-0.39, 0.29) is 18.6 Å². The van der Waals surface area contributed by atoms with E-state index in [1.165, 1.54) is 0 Å². The van der Waals surface area contributed by atoms with Crippen LogP contribution in [0.2, 0.25) is 0 Å². The average Bonchev–Trinajstić information content (AvgIpc) is 2.48. The van der Waals surface area contributed by atoms with Gasteiger partial charge in [0, 0.05) is 13.1 Å². The van der Waals surface area contributed by atoms with Crippen molar-refractivity contribution in [1.82, 2.24) is 10.2 Å². The summed E-state index contributed by atoms with van der Waals surface area (Å²) in [5, 5.41) is 11.8. The van der Waals surface area contributed by atoms with E-state index in [4.69, 9.17) is 6.42 Å². The molecule has 1 atom stereocenters. The fourth-order valence-corrected chi connectivity index (χ4v) is 1.36. The number of aliphatic hydroxyl groups excluding tert-OH is 1. The molecule has 0 aliphatic carbocycles. The first-order valence-corrected chi connectivity index (χ1v) is 4.33. The third-order valence-electron chi connectivity index (χ3n) is 2.00. The van der Waals surface area contributed by atoms with Gasteiger partial charge in [0.15, 0.2) is 0 Å². The zero-order valence-electron chi connectivity index (χ0n) is 7.49. The molecule has 1 aliphatic heterocycles. The van der Waals surface area contributed by atoms with Crippen molar-refractivity contribution in [2.45, 2.75) is 12.5 Å². The predicted molar refractivity (Wildman–Crippen MR) is 48.9 cm³/mol. The molecule has 13 heavy (non-hydrogen) atoms. The molecule has 1 unspecified atom stereocenters. The maximum Gasteiger partial charge on any atom is 0.234 e. The first-order valence-electron chi connectivity index (χ1n) is 4.33. The molecule has 2 N–H and O–H groups in total. The van der Waals surface area contributed by atoms with Crippen LogP contribution >= 0.6 is 0 Å². The van der Waals surface area contributed by atoms with Crippen LogP contribution in [0.5, 0.6) is 0 Å². The Kier molecular flexibility index (Phi) is 3.74. The molecule has 0 aromatic heterocycles. The van der Waals surface area contributed by atoms with E-state index < -0.39 is 0 Å². The zero-order valence-corrected chi connectivity index (χ0v) is 7.49. The molecule has 1 amide bonds. The lowest BCUT2D eigenvalue weighted by Gasteiger charge is -2.13. The normalized spacial score (nSPS) is 22.6. The monoisotopic (exact) mass is 182 g/mol. The minimum atomic E-state index is -0.277. The molecule has 0 saturated carbocycles. The summed E-state index contributed by atoms with van der Waals surface area (Å²) >= 11 is 0. The third kappa shape index (κ3) is 3.45. The number of carbonyl (C=O) groups is 1. The first-order chi connectivity index (χ1) is 6.22. The van der Waals surface area contributed by atoms with Crippen molar-refractivity contribution >= 4 is 5.91 Å². The Morgan fingerprint density at radius 1 is 1.77 bits per heavy atom. The Hall–Kier alpha value is -1.05. The summed E-state index contributed by atoms with van der Waals surface area (Å²) in [6, 6.07) is 0. The predicted octanol–water partition coefficient (Wildman–Crippen LogP) is -1.20. The largest absolute Gasteiger partial charge is 0.392 e. The molecule has 1 rings (SSSR count). The molecule has 1 fully saturated rings. The van der Waals surface area contributed by atoms with Gasteiger partial charge in [-0.25, -0.2) is 0 Å². The zero-order chi connectivity index (χ0) is 9.68. The van der Waals surface area contributed by atoms with E-state index in [1.54, 1.807) is 0 Å². The van der Waals surface area contributed by atoms with Crippen molar-refractivity contribution in [3.63, 3.8) is 0 Å². The lowest BCUT2D eigenvalue weighted by atomic mass is 10.3. The number of hydrogen-bond acceptors (Lipinski definition) is 3. The van der Waals surface area contributed by atoms with Gasteiger partial charge >= 0.3 is 0 Å². The highest BCUT2D eigenvalue weighted by atomic mass is 16.3. The molecule has 72 valence electrons. The van der Waals surface area contributed by atoms with Crippen LogP contribution in [-0.2, 0) is 4.79 Å². The van der Waals surface area contributed by atoms with Gasteiger partial charge in [0.2, 0.25) is 5.91 Å². The highest BCUT2D eigenvalue weighted by molar-refractivity contribution is 5.78. The molecule has 1 saturated heterocycles. The van der Waals surface area contributed by atoms with Crippen molar-refractivity contribution in [3.8, 4) is 12.3 Å². The number of nitrogens with one attached hydrogen (secondary N) is 1. The molecule has 1 heterocycles. The lowest BCUT2D eigenvalue weighted by Crippen LogP contribution is -2.36. The summed E-state index contributed by atoms with van der Waals surface area (Å²) in [7, 11) is 0. The van der Waals surface area contributed by atoms with E-state index in [1.807, 2.05) is 4.90 Å². The van der Waals surface area contributed by atoms with Crippen LogP contribution in [0, 0.1) is 12.3 Å². The van der Waals surface area contributed by atoms with Gasteiger partial charge in [-0.15, -0.1) is 6.42 Å². The number of aliphatic hydroxyl groups is 1. The Morgan fingerprint density at radius 3 is 3.08 bits per heavy atom. The second kappa shape index (κ2) is 4.85. The van der Waals surface area contributed by atoms with E-state index in [2.05, 4.69) is 11.2 Å². The Balaban J connectivity index is 2.18. The van der Waals surface area contributed by atoms with Crippen molar-refractivity contribution < 1.29 is 9.90 Å². The standard InChI is InChI=1S/C9H14N2O2/c1-2-4-10-9(13)7-11-5-3-8(12)6-11/h1,8,12H,3-7H2,(H,10,13). The SMILES string of the molecule is C#CCNC(=O)CN1CCC(O)C1. The number of likely N-dealkylation sites (tertiary alicyclic amines) is 1. The van der Waals surface area contributed by atoms with Gasteiger partial charge < -0.3 is 10.4 Å². The van der Waals surface area contributed by atoms with Crippen molar-refractivity contribution in [3.05, 3.63) is 0 Å². The highest BCUT2D eigenvalue weighted by Crippen LogP contribution is 2.07. The second-order valence-corrected chi connectivity index (χ2v) is 3.16. The van der Waals surface area contributed by atoms with E-state index >= 15 is 0 Å². The van der Waals surface area contributed by atoms with Gasteiger partial charge in [-0.1, -0.05) is 5.92 Å². The van der Waals surface area contributed by atoms with Gasteiger partial charge in [-0.3, -0.25) is 9.69 Å². The van der Waals surface area contributed by atoms with Crippen LogP contribution in [0.3, 0.4) is 0 Å². The maximum absolute atomic E-state index is 11.1. The molecular weight excluding hydrogens is 168 g/mol. The molecule has 4 nitrogen and oxygen atoms in total. The summed E-state index contributed by atoms with van der Waals surface area (Å²) in [4.78, 5) is 13.0. The fraction of sp³-hybridized carbons (Fsp3) is 0.667. The van der Waals surface area contributed by atoms with Gasteiger partial charge in [-0.2, -0.15) is 0 Å². The maximum atomic E-state index is 11.1. The highest BCUT2D eigenvalue weighted by Gasteiger charge is 2.21. The number of terminal acetylenes is 1. The van der Waals surface area contributed by atoms with E-state index in [0.29, 0.717) is 13.1 Å². The fourth-order valence-electron chi connectivity index (χ4n) is 1.36. The minimum absolute atomic E-state index is 0.0768. The van der Waals surface area contributed by atoms with Gasteiger partial charge in [0.25, 0.3) is 0 Å². The number of rotatable bonds is 3. The minimum Gasteiger partial charge on any atom is -0.392 e. The van der Waals surface area contributed by atoms with E-state index in [9.17, 15) is 9.90 Å². The number of nitrogens with zero attached hydrogens (tertiary/aromatic N) is 1. The smallest absolute Gasteiger partial charge is 0.234 e. The Morgan fingerprint density at radius 2 is 2.54 bits per heavy atom. The Labute approximate surface area is 77.9 Å². The molecule has 0 aromatic carbocycles. The average molecular weight is 182 g/mol. The Bertz CT molecular complexity index is 222. The molecule has 0 spiro atoms. The number of β-amino-alcohol motifs (C(OH)–C–C–N with tert-alkyl or cyclic N) is 1. The summed E-state index contributed by atoms with van der Waals surface area (Å²) in [6.45, 7) is 1.97. The number of carbonyl (C=O) groups excluding carboxylic acids is 1. The van der Waals surface area contributed by atoms with Crippen molar-refractivity contribution in [2.24, 2.45) is 0 Å². The molecule has 0 aromatic rings. The van der Waals surface area contributed by atoms with Crippen molar-refractivity contribution in [1.29, 1.82) is 0 Å². The first kappa shape index (κ1) is 10.0. The topological polar surface area (TPSA) is 52.6 Å². The van der Waals surface area contributed by atoms with Crippen LogP contribution in [-0.4, -0.2) is 48.2 Å². The number of hydrogen-bond donors (Lipinski definition) is 2. The number of amides is 1. The lowest BCUT2D eigenvalue weighted by molar-refractivity contribution is -0.121. The summed E-state index contributed by atoms with van der Waals surface area (Å²) < 4.78 is 0. The molecule has 0 radical (unpaired) electrons. The third-order valence-corrected chi connectivity index (χ3v) is 2.00. The molecular formula is C9H14N2O2. The summed E-state index contributed by atoms with van der Waals surface area (Å²) in [6.07, 6.45) is 5.46. The molecule has 1 aliphatic rings. The van der Waals surface area contributed by atoms with Gasteiger partial charge in [-0.05, 0) is 6.42 Å². The quantitative estimate of drug-likeness (QED) is 0.539.